The minimum Gasteiger partial charge on any atom is -0.365 e. The van der Waals surface area contributed by atoms with Gasteiger partial charge in [-0.15, -0.1) is 0 Å². The Hall–Kier alpha value is -1.79. The molecule has 1 atom stereocenters. The van der Waals surface area contributed by atoms with E-state index >= 15 is 0 Å². The fourth-order valence-corrected chi connectivity index (χ4v) is 2.39. The summed E-state index contributed by atoms with van der Waals surface area (Å²) in [6.45, 7) is 6.07. The molecule has 1 unspecified atom stereocenters. The molecule has 4 nitrogen and oxygen atoms in total. The maximum Gasteiger partial charge on any atom is 0.419 e. The Balaban J connectivity index is 2.16. The molecule has 0 bridgehead atoms. The molecule has 1 N–H and O–H groups in total. The minimum atomic E-state index is -4.47. The maximum absolute atomic E-state index is 12.9. The van der Waals surface area contributed by atoms with Crippen LogP contribution in [0.1, 0.15) is 32.8 Å². The lowest BCUT2D eigenvalue weighted by Gasteiger charge is -2.32. The first-order valence-corrected chi connectivity index (χ1v) is 6.68. The lowest BCUT2D eigenvalue weighted by Crippen LogP contribution is -2.43. The number of amides is 1. The molecular weight excluding hydrogens is 283 g/mol. The lowest BCUT2D eigenvalue weighted by atomic mass is 10.1. The number of carbonyl (C=O) groups excluding carboxylic acids is 1. The molecule has 1 aromatic heterocycles. The minimum absolute atomic E-state index is 0.0653. The predicted molar refractivity (Wildman–Crippen MR) is 72.7 cm³/mol. The number of anilines is 1. The molecule has 0 aromatic carbocycles. The van der Waals surface area contributed by atoms with Crippen LogP contribution in [0.5, 0.6) is 0 Å². The Morgan fingerprint density at radius 2 is 2.00 bits per heavy atom. The largest absolute Gasteiger partial charge is 0.419 e. The number of alkyl halides is 3. The topological polar surface area (TPSA) is 45.2 Å². The molecular formula is C14H18F3N3O. The zero-order valence-electron chi connectivity index (χ0n) is 12.2. The fourth-order valence-electron chi connectivity index (χ4n) is 2.39. The van der Waals surface area contributed by atoms with Crippen molar-refractivity contribution < 1.29 is 18.0 Å². The van der Waals surface area contributed by atoms with E-state index in [4.69, 9.17) is 0 Å². The van der Waals surface area contributed by atoms with Crippen molar-refractivity contribution in [2.24, 2.45) is 0 Å². The van der Waals surface area contributed by atoms with Crippen LogP contribution in [-0.4, -0.2) is 33.9 Å². The van der Waals surface area contributed by atoms with Crippen molar-refractivity contribution in [3.05, 3.63) is 23.9 Å². The van der Waals surface area contributed by atoms with Gasteiger partial charge in [-0.2, -0.15) is 13.2 Å². The monoisotopic (exact) mass is 301 g/mol. The average Bonchev–Trinajstić information content (AvgIpc) is 2.69. The molecule has 2 rings (SSSR count). The van der Waals surface area contributed by atoms with Crippen molar-refractivity contribution in [1.82, 2.24) is 9.88 Å². The molecule has 1 fully saturated rings. The number of aromatic nitrogens is 1. The second-order valence-electron chi connectivity index (χ2n) is 6.12. The normalized spacial score (nSPS) is 20.0. The molecule has 1 saturated heterocycles. The van der Waals surface area contributed by atoms with Gasteiger partial charge in [0.15, 0.2) is 0 Å². The van der Waals surface area contributed by atoms with Crippen LogP contribution >= 0.6 is 0 Å². The number of likely N-dealkylation sites (tertiary alicyclic amines) is 1. The number of pyridine rings is 1. The lowest BCUT2D eigenvalue weighted by molar-refractivity contribution is -0.137. The van der Waals surface area contributed by atoms with E-state index in [-0.39, 0.29) is 29.7 Å². The van der Waals surface area contributed by atoms with Crippen molar-refractivity contribution in [3.8, 4) is 0 Å². The number of hydrogen-bond acceptors (Lipinski definition) is 3. The van der Waals surface area contributed by atoms with Gasteiger partial charge >= 0.3 is 6.18 Å². The van der Waals surface area contributed by atoms with E-state index in [1.807, 2.05) is 20.8 Å². The predicted octanol–water partition coefficient (Wildman–Crippen LogP) is 2.91. The zero-order valence-corrected chi connectivity index (χ0v) is 12.2. The summed E-state index contributed by atoms with van der Waals surface area (Å²) in [4.78, 5) is 17.4. The van der Waals surface area contributed by atoms with E-state index in [0.29, 0.717) is 6.54 Å². The van der Waals surface area contributed by atoms with E-state index in [9.17, 15) is 18.0 Å². The van der Waals surface area contributed by atoms with Gasteiger partial charge in [0.25, 0.3) is 0 Å². The summed E-state index contributed by atoms with van der Waals surface area (Å²) in [7, 11) is 0. The Morgan fingerprint density at radius 1 is 1.33 bits per heavy atom. The summed E-state index contributed by atoms with van der Waals surface area (Å²) in [5.41, 5.74) is -1.16. The summed E-state index contributed by atoms with van der Waals surface area (Å²) in [6.07, 6.45) is -3.00. The first kappa shape index (κ1) is 15.6. The smallest absolute Gasteiger partial charge is 0.365 e. The SMILES string of the molecule is CC(C)(C)N1CC(Nc2ncccc2C(F)(F)F)CC1=O. The first-order valence-electron chi connectivity index (χ1n) is 6.68. The molecule has 0 aliphatic carbocycles. The summed E-state index contributed by atoms with van der Waals surface area (Å²) < 4.78 is 38.7. The van der Waals surface area contributed by atoms with Crippen molar-refractivity contribution in [2.45, 2.75) is 44.9 Å². The standard InChI is InChI=1S/C14H18F3N3O/c1-13(2,3)20-8-9(7-11(20)21)19-12-10(14(15,16)17)5-4-6-18-12/h4-6,9H,7-8H2,1-3H3,(H,18,19). The zero-order chi connectivity index (χ0) is 15.8. The first-order chi connectivity index (χ1) is 9.59. The van der Waals surface area contributed by atoms with Crippen LogP contribution in [0.2, 0.25) is 0 Å². The van der Waals surface area contributed by atoms with Crippen molar-refractivity contribution >= 4 is 11.7 Å². The Kier molecular flexibility index (Phi) is 3.86. The van der Waals surface area contributed by atoms with Gasteiger partial charge in [-0.1, -0.05) is 0 Å². The number of carbonyl (C=O) groups is 1. The van der Waals surface area contributed by atoms with Gasteiger partial charge in [0, 0.05) is 24.7 Å². The third-order valence-corrected chi connectivity index (χ3v) is 3.39. The summed E-state index contributed by atoms with van der Waals surface area (Å²) in [5, 5.41) is 2.75. The Morgan fingerprint density at radius 3 is 2.52 bits per heavy atom. The van der Waals surface area contributed by atoms with Crippen LogP contribution < -0.4 is 5.32 Å². The van der Waals surface area contributed by atoms with Crippen molar-refractivity contribution in [3.63, 3.8) is 0 Å². The number of nitrogens with zero attached hydrogens (tertiary/aromatic N) is 2. The van der Waals surface area contributed by atoms with Crippen LogP contribution in [0, 0.1) is 0 Å². The second kappa shape index (κ2) is 5.20. The van der Waals surface area contributed by atoms with Crippen LogP contribution in [0.4, 0.5) is 19.0 Å². The highest BCUT2D eigenvalue weighted by atomic mass is 19.4. The van der Waals surface area contributed by atoms with Crippen LogP contribution in [0.3, 0.4) is 0 Å². The van der Waals surface area contributed by atoms with Gasteiger partial charge in [-0.3, -0.25) is 4.79 Å². The molecule has 7 heteroatoms. The van der Waals surface area contributed by atoms with Gasteiger partial charge in [0.2, 0.25) is 5.91 Å². The molecule has 1 amide bonds. The molecule has 1 aromatic rings. The highest BCUT2D eigenvalue weighted by Crippen LogP contribution is 2.34. The average molecular weight is 301 g/mol. The second-order valence-corrected chi connectivity index (χ2v) is 6.12. The molecule has 0 spiro atoms. The van der Waals surface area contributed by atoms with E-state index < -0.39 is 11.7 Å². The van der Waals surface area contributed by atoms with Gasteiger partial charge in [-0.25, -0.2) is 4.98 Å². The molecule has 116 valence electrons. The number of halogens is 3. The van der Waals surface area contributed by atoms with Crippen molar-refractivity contribution in [2.75, 3.05) is 11.9 Å². The molecule has 2 heterocycles. The van der Waals surface area contributed by atoms with Crippen LogP contribution in [-0.2, 0) is 11.0 Å². The number of rotatable bonds is 2. The fraction of sp³-hybridized carbons (Fsp3) is 0.571. The van der Waals surface area contributed by atoms with Gasteiger partial charge in [0.05, 0.1) is 11.6 Å². The Labute approximate surface area is 121 Å². The quantitative estimate of drug-likeness (QED) is 0.913. The van der Waals surface area contributed by atoms with Crippen molar-refractivity contribution in [1.29, 1.82) is 0 Å². The van der Waals surface area contributed by atoms with Crippen LogP contribution in [0.15, 0.2) is 18.3 Å². The van der Waals surface area contributed by atoms with E-state index in [1.165, 1.54) is 12.3 Å². The third-order valence-electron chi connectivity index (χ3n) is 3.39. The summed E-state index contributed by atoms with van der Waals surface area (Å²) >= 11 is 0. The molecule has 1 aliphatic rings. The third kappa shape index (κ3) is 3.46. The highest BCUT2D eigenvalue weighted by molar-refractivity contribution is 5.80. The van der Waals surface area contributed by atoms with E-state index in [0.717, 1.165) is 6.07 Å². The molecule has 0 saturated carbocycles. The molecule has 0 radical (unpaired) electrons. The van der Waals surface area contributed by atoms with Gasteiger partial charge in [0.1, 0.15) is 5.82 Å². The Bertz CT molecular complexity index is 537. The highest BCUT2D eigenvalue weighted by Gasteiger charge is 2.38. The van der Waals surface area contributed by atoms with Gasteiger partial charge < -0.3 is 10.2 Å². The van der Waals surface area contributed by atoms with Gasteiger partial charge in [-0.05, 0) is 32.9 Å². The number of hydrogen-bond donors (Lipinski definition) is 1. The van der Waals surface area contributed by atoms with E-state index in [1.54, 1.807) is 4.90 Å². The number of nitrogens with one attached hydrogen (secondary N) is 1. The van der Waals surface area contributed by atoms with E-state index in [2.05, 4.69) is 10.3 Å². The molecule has 21 heavy (non-hydrogen) atoms. The summed E-state index contributed by atoms with van der Waals surface area (Å²) in [6, 6.07) is 1.86. The molecule has 1 aliphatic heterocycles. The van der Waals surface area contributed by atoms with Crippen LogP contribution in [0.25, 0.3) is 0 Å². The summed E-state index contributed by atoms with van der Waals surface area (Å²) in [5.74, 6) is -0.289. The maximum atomic E-state index is 12.9.